The third-order valence-electron chi connectivity index (χ3n) is 2.85. The van der Waals surface area contributed by atoms with Crippen molar-refractivity contribution >= 4 is 49.6 Å². The number of phenols is 2. The molecule has 0 aliphatic carbocycles. The van der Waals surface area contributed by atoms with Crippen molar-refractivity contribution in [1.82, 2.24) is 0 Å². The first-order valence-corrected chi connectivity index (χ1v) is 12.2. The average molecular weight is 527 g/mol. The normalized spacial score (nSPS) is 8.68. The predicted octanol–water partition coefficient (Wildman–Crippen LogP) is 7.98. The van der Waals surface area contributed by atoms with Crippen LogP contribution in [0.2, 0.25) is 0 Å². The minimum atomic E-state index is -4.75. The molecule has 0 spiro atoms. The lowest BCUT2D eigenvalue weighted by molar-refractivity contribution is -0.138. The maximum Gasteiger partial charge on any atom is 0.420 e. The third kappa shape index (κ3) is 17.3. The lowest BCUT2D eigenvalue weighted by Gasteiger charge is -2.10. The highest BCUT2D eigenvalue weighted by atomic mass is 32.1. The molecule has 198 valence electrons. The van der Waals surface area contributed by atoms with Crippen LogP contribution < -0.4 is 0 Å². The van der Waals surface area contributed by atoms with Gasteiger partial charge in [-0.3, -0.25) is 9.98 Å². The zero-order chi connectivity index (χ0) is 28.3. The van der Waals surface area contributed by atoms with E-state index in [2.05, 4.69) is 42.0 Å². The van der Waals surface area contributed by atoms with E-state index < -0.39 is 23.2 Å². The van der Waals surface area contributed by atoms with Crippen LogP contribution in [0.5, 0.6) is 11.5 Å². The topological polar surface area (TPSA) is 85.4 Å². The molecule has 0 amide bonds. The first-order chi connectivity index (χ1) is 16.3. The molecule has 0 aromatic heterocycles. The first-order valence-electron chi connectivity index (χ1n) is 10.4. The first kappa shape index (κ1) is 42.0. The Kier molecular flexibility index (Phi) is 35.7. The summed E-state index contributed by atoms with van der Waals surface area (Å²) in [6, 6.07) is 7.96. The number of alkyl halides is 3. The van der Waals surface area contributed by atoms with Crippen molar-refractivity contribution in [3.8, 4) is 11.5 Å². The van der Waals surface area contributed by atoms with Crippen molar-refractivity contribution in [2.75, 3.05) is 19.6 Å². The highest BCUT2D eigenvalue weighted by Gasteiger charge is 2.34. The summed E-state index contributed by atoms with van der Waals surface area (Å²) >= 11 is 7.06. The van der Waals surface area contributed by atoms with Crippen LogP contribution in [0.25, 0.3) is 0 Å². The fourth-order valence-electron chi connectivity index (χ4n) is 1.77. The molecule has 34 heavy (non-hydrogen) atoms. The molecule has 0 saturated heterocycles. The standard InChI is InChI=1S/C15H11F3N2O2.3C2H6.CH4O.2CH4S/c1-19-11-4-2-3-5-12(11)20-8-9-6-14(22)10(7-13(9)21)15(16,17)18;6*1-2/h2-8,21-22H,1H2;3*1-2H3;3*2H,1H3. The van der Waals surface area contributed by atoms with E-state index in [4.69, 9.17) is 5.11 Å². The van der Waals surface area contributed by atoms with Crippen LogP contribution in [0.3, 0.4) is 0 Å². The van der Waals surface area contributed by atoms with Crippen LogP contribution in [-0.2, 0) is 6.18 Å². The molecule has 0 saturated carbocycles. The molecule has 0 unspecified atom stereocenters. The van der Waals surface area contributed by atoms with E-state index in [9.17, 15) is 23.4 Å². The van der Waals surface area contributed by atoms with Gasteiger partial charge >= 0.3 is 6.18 Å². The van der Waals surface area contributed by atoms with E-state index in [1.807, 2.05) is 41.5 Å². The van der Waals surface area contributed by atoms with Gasteiger partial charge in [0, 0.05) is 18.9 Å². The molecule has 0 heterocycles. The molecule has 2 aromatic rings. The highest BCUT2D eigenvalue weighted by molar-refractivity contribution is 7.79. The Hall–Kier alpha value is -2.17. The summed E-state index contributed by atoms with van der Waals surface area (Å²) in [4.78, 5) is 7.77. The summed E-state index contributed by atoms with van der Waals surface area (Å²) in [6.07, 6.45) is -0.226. The maximum atomic E-state index is 12.6. The lowest BCUT2D eigenvalue weighted by atomic mass is 10.1. The van der Waals surface area contributed by atoms with Gasteiger partial charge in [0.15, 0.2) is 0 Å². The molecule has 0 atom stereocenters. The summed E-state index contributed by atoms with van der Waals surface area (Å²) in [7, 11) is 1.00. The molecule has 0 bridgehead atoms. The quantitative estimate of drug-likeness (QED) is 0.160. The van der Waals surface area contributed by atoms with Crippen LogP contribution in [0.1, 0.15) is 52.7 Å². The van der Waals surface area contributed by atoms with E-state index in [-0.39, 0.29) is 5.56 Å². The molecule has 2 rings (SSSR count). The molecule has 3 N–H and O–H groups in total. The van der Waals surface area contributed by atoms with Crippen molar-refractivity contribution in [1.29, 1.82) is 0 Å². The smallest absolute Gasteiger partial charge is 0.420 e. The Morgan fingerprint density at radius 3 is 1.59 bits per heavy atom. The van der Waals surface area contributed by atoms with Crippen molar-refractivity contribution in [3.63, 3.8) is 0 Å². The van der Waals surface area contributed by atoms with Crippen molar-refractivity contribution in [2.24, 2.45) is 9.98 Å². The van der Waals surface area contributed by atoms with Crippen LogP contribution >= 0.6 is 25.3 Å². The molecular weight excluding hydrogens is 485 g/mol. The number of rotatable bonds is 3. The fourth-order valence-corrected chi connectivity index (χ4v) is 1.77. The summed E-state index contributed by atoms with van der Waals surface area (Å²) in [5, 5.41) is 26.1. The third-order valence-corrected chi connectivity index (χ3v) is 2.85. The number of hydrogen-bond acceptors (Lipinski definition) is 7. The Labute approximate surface area is 214 Å². The minimum absolute atomic E-state index is 0.0515. The van der Waals surface area contributed by atoms with E-state index in [1.54, 1.807) is 36.8 Å². The van der Waals surface area contributed by atoms with E-state index >= 15 is 0 Å². The van der Waals surface area contributed by atoms with Gasteiger partial charge in [-0.15, -0.1) is 0 Å². The Morgan fingerprint density at radius 2 is 1.21 bits per heavy atom. The summed E-state index contributed by atoms with van der Waals surface area (Å²) in [5.41, 5.74) is -0.453. The number of halogens is 3. The number of aliphatic imine (C=N–C) groups is 2. The van der Waals surface area contributed by atoms with E-state index in [0.29, 0.717) is 17.4 Å². The van der Waals surface area contributed by atoms with Crippen molar-refractivity contribution in [2.45, 2.75) is 47.7 Å². The summed E-state index contributed by atoms with van der Waals surface area (Å²) < 4.78 is 37.8. The molecule has 10 heteroatoms. The van der Waals surface area contributed by atoms with E-state index in [1.165, 1.54) is 0 Å². The van der Waals surface area contributed by atoms with Gasteiger partial charge in [-0.05, 0) is 43.5 Å². The fraction of sp³-hybridized carbons (Fsp3) is 0.417. The summed E-state index contributed by atoms with van der Waals surface area (Å²) in [6.45, 7) is 15.4. The Morgan fingerprint density at radius 1 is 0.794 bits per heavy atom. The SMILES string of the molecule is C=Nc1ccccc1N=Cc1cc(O)c(C(F)(F)F)cc1O.CC.CC.CC.CO.CS.CS. The second kappa shape index (κ2) is 28.9. The number of aromatic hydroxyl groups is 2. The van der Waals surface area contributed by atoms with Crippen LogP contribution in [0, 0.1) is 0 Å². The number of nitrogens with zero attached hydrogens (tertiary/aromatic N) is 2. The molecule has 0 aliphatic heterocycles. The molecule has 0 radical (unpaired) electrons. The second-order valence-electron chi connectivity index (χ2n) is 4.33. The second-order valence-corrected chi connectivity index (χ2v) is 4.33. The van der Waals surface area contributed by atoms with Crippen molar-refractivity contribution in [3.05, 3.63) is 47.5 Å². The zero-order valence-electron chi connectivity index (χ0n) is 21.5. The number of aliphatic hydroxyl groups is 1. The van der Waals surface area contributed by atoms with Gasteiger partial charge in [-0.25, -0.2) is 0 Å². The Balaban J connectivity index is -0.000000203. The number of benzene rings is 2. The van der Waals surface area contributed by atoms with Gasteiger partial charge in [-0.1, -0.05) is 53.7 Å². The molecule has 0 aliphatic rings. The molecule has 5 nitrogen and oxygen atoms in total. The zero-order valence-corrected chi connectivity index (χ0v) is 23.3. The number of phenolic OH excluding ortho intramolecular Hbond substituents is 2. The Bertz CT molecular complexity index is 759. The molecule has 2 aromatic carbocycles. The maximum absolute atomic E-state index is 12.6. The number of aliphatic hydroxyl groups excluding tert-OH is 1. The van der Waals surface area contributed by atoms with Crippen LogP contribution in [0.15, 0.2) is 46.4 Å². The van der Waals surface area contributed by atoms with Gasteiger partial charge in [0.25, 0.3) is 0 Å². The molecule has 0 fully saturated rings. The lowest BCUT2D eigenvalue weighted by Crippen LogP contribution is -2.05. The monoisotopic (exact) mass is 526 g/mol. The summed E-state index contributed by atoms with van der Waals surface area (Å²) in [5.74, 6) is -1.63. The number of para-hydroxylation sites is 2. The van der Waals surface area contributed by atoms with Gasteiger partial charge < -0.3 is 15.3 Å². The van der Waals surface area contributed by atoms with Crippen LogP contribution in [-0.4, -0.2) is 47.9 Å². The van der Waals surface area contributed by atoms with Gasteiger partial charge in [0.05, 0.1) is 11.4 Å². The van der Waals surface area contributed by atoms with Crippen molar-refractivity contribution < 1.29 is 28.5 Å². The van der Waals surface area contributed by atoms with Crippen LogP contribution in [0.4, 0.5) is 24.5 Å². The van der Waals surface area contributed by atoms with E-state index in [0.717, 1.165) is 19.4 Å². The largest absolute Gasteiger partial charge is 0.507 e. The highest BCUT2D eigenvalue weighted by Crippen LogP contribution is 2.39. The molecular formula is C24H41F3N2O3S2. The average Bonchev–Trinajstić information content (AvgIpc) is 2.91. The van der Waals surface area contributed by atoms with Gasteiger partial charge in [0.2, 0.25) is 0 Å². The number of thiol groups is 2. The predicted molar refractivity (Wildman–Crippen MR) is 150 cm³/mol. The van der Waals surface area contributed by atoms with Gasteiger partial charge in [0.1, 0.15) is 17.1 Å². The van der Waals surface area contributed by atoms with Gasteiger partial charge in [-0.2, -0.15) is 38.4 Å². The minimum Gasteiger partial charge on any atom is -0.507 e. The number of hydrogen-bond donors (Lipinski definition) is 5.